The molecule has 1 N–H and O–H groups in total. The average molecular weight is 256 g/mol. The van der Waals surface area contributed by atoms with Gasteiger partial charge in [0.1, 0.15) is 0 Å². The Kier molecular flexibility index (Phi) is 2.43. The predicted octanol–water partition coefficient (Wildman–Crippen LogP) is 1.14. The minimum atomic E-state index is 0.544. The molecule has 2 aliphatic heterocycles. The molecule has 0 amide bonds. The van der Waals surface area contributed by atoms with Crippen molar-refractivity contribution in [3.05, 3.63) is 36.2 Å². The first-order valence-electron chi connectivity index (χ1n) is 6.64. The zero-order valence-corrected chi connectivity index (χ0v) is 10.7. The summed E-state index contributed by atoms with van der Waals surface area (Å²) in [6.07, 6.45) is 0. The number of hydrogen-bond acceptors (Lipinski definition) is 5. The summed E-state index contributed by atoms with van der Waals surface area (Å²) in [5, 5.41) is 7.38. The topological polar surface area (TPSA) is 54.2 Å². The normalized spacial score (nSPS) is 21.1. The van der Waals surface area contributed by atoms with Crippen LogP contribution in [0.2, 0.25) is 0 Å². The summed E-state index contributed by atoms with van der Waals surface area (Å²) in [5.41, 5.74) is 1.54. The molecule has 2 aromatic rings. The van der Waals surface area contributed by atoms with Gasteiger partial charge in [0.05, 0.1) is 6.54 Å². The zero-order chi connectivity index (χ0) is 12.7. The summed E-state index contributed by atoms with van der Waals surface area (Å²) in [5.74, 6) is 1.39. The van der Waals surface area contributed by atoms with E-state index in [1.54, 1.807) is 0 Å². The lowest BCUT2D eigenvalue weighted by atomic mass is 9.74. The van der Waals surface area contributed by atoms with Gasteiger partial charge in [-0.05, 0) is 0 Å². The largest absolute Gasteiger partial charge is 0.338 e. The second-order valence-electron chi connectivity index (χ2n) is 5.63. The van der Waals surface area contributed by atoms with Crippen LogP contribution >= 0.6 is 0 Å². The molecule has 5 heteroatoms. The van der Waals surface area contributed by atoms with Crippen LogP contribution in [0.1, 0.15) is 5.89 Å². The van der Waals surface area contributed by atoms with Gasteiger partial charge in [0, 0.05) is 37.2 Å². The Labute approximate surface area is 111 Å². The molecule has 0 aliphatic carbocycles. The van der Waals surface area contributed by atoms with E-state index in [0.717, 1.165) is 38.3 Å². The van der Waals surface area contributed by atoms with Crippen molar-refractivity contribution in [3.8, 4) is 11.4 Å². The third kappa shape index (κ3) is 1.95. The molecule has 2 aliphatic rings. The SMILES string of the molecule is c1ccc(-c2noc(CN3CC4(CNC4)C3)n2)cc1. The van der Waals surface area contributed by atoms with Crippen LogP contribution in [0.25, 0.3) is 11.4 Å². The van der Waals surface area contributed by atoms with Crippen LogP contribution in [0, 0.1) is 5.41 Å². The molecule has 1 aromatic heterocycles. The molecular weight excluding hydrogens is 240 g/mol. The van der Waals surface area contributed by atoms with E-state index in [1.807, 2.05) is 30.3 Å². The van der Waals surface area contributed by atoms with E-state index in [0.29, 0.717) is 17.1 Å². The molecule has 2 saturated heterocycles. The van der Waals surface area contributed by atoms with Crippen LogP contribution in [0.15, 0.2) is 34.9 Å². The third-order valence-corrected chi connectivity index (χ3v) is 3.98. The second kappa shape index (κ2) is 4.15. The van der Waals surface area contributed by atoms with Gasteiger partial charge in [-0.25, -0.2) is 0 Å². The van der Waals surface area contributed by atoms with Gasteiger partial charge < -0.3 is 9.84 Å². The standard InChI is InChI=1S/C14H16N4O/c1-2-4-11(5-3-1)13-16-12(19-17-13)6-18-9-14(10-18)7-15-8-14/h1-5,15H,6-10H2. The van der Waals surface area contributed by atoms with Gasteiger partial charge >= 0.3 is 0 Å². The Hall–Kier alpha value is -1.72. The van der Waals surface area contributed by atoms with Gasteiger partial charge in [0.2, 0.25) is 11.7 Å². The molecule has 1 spiro atoms. The lowest BCUT2D eigenvalue weighted by molar-refractivity contribution is -0.0490. The maximum absolute atomic E-state index is 5.33. The van der Waals surface area contributed by atoms with Crippen molar-refractivity contribution < 1.29 is 4.52 Å². The summed E-state index contributed by atoms with van der Waals surface area (Å²) in [7, 11) is 0. The van der Waals surface area contributed by atoms with Gasteiger partial charge in [-0.1, -0.05) is 35.5 Å². The molecule has 0 bridgehead atoms. The smallest absolute Gasteiger partial charge is 0.241 e. The highest BCUT2D eigenvalue weighted by Gasteiger charge is 2.47. The van der Waals surface area contributed by atoms with Gasteiger partial charge in [-0.15, -0.1) is 0 Å². The summed E-state index contributed by atoms with van der Waals surface area (Å²) in [6, 6.07) is 9.93. The number of aromatic nitrogens is 2. The lowest BCUT2D eigenvalue weighted by Crippen LogP contribution is -2.70. The molecule has 1 aromatic carbocycles. The van der Waals surface area contributed by atoms with Crippen molar-refractivity contribution in [2.45, 2.75) is 6.54 Å². The number of nitrogens with zero attached hydrogens (tertiary/aromatic N) is 3. The first-order valence-corrected chi connectivity index (χ1v) is 6.64. The number of likely N-dealkylation sites (tertiary alicyclic amines) is 1. The van der Waals surface area contributed by atoms with Crippen molar-refractivity contribution >= 4 is 0 Å². The Morgan fingerprint density at radius 2 is 2.00 bits per heavy atom. The first kappa shape index (κ1) is 11.1. The van der Waals surface area contributed by atoms with E-state index in [2.05, 4.69) is 20.4 Å². The van der Waals surface area contributed by atoms with Crippen LogP contribution in [0.3, 0.4) is 0 Å². The Balaban J connectivity index is 1.42. The summed E-state index contributed by atoms with van der Waals surface area (Å²) in [6.45, 7) is 5.36. The minimum absolute atomic E-state index is 0.544. The number of benzene rings is 1. The number of hydrogen-bond donors (Lipinski definition) is 1. The number of rotatable bonds is 3. The molecule has 5 nitrogen and oxygen atoms in total. The Bertz CT molecular complexity index is 568. The lowest BCUT2D eigenvalue weighted by Gasteiger charge is -2.55. The molecule has 19 heavy (non-hydrogen) atoms. The van der Waals surface area contributed by atoms with Crippen LogP contribution < -0.4 is 5.32 Å². The van der Waals surface area contributed by atoms with E-state index in [-0.39, 0.29) is 0 Å². The Morgan fingerprint density at radius 1 is 1.21 bits per heavy atom. The van der Waals surface area contributed by atoms with E-state index in [4.69, 9.17) is 4.52 Å². The highest BCUT2D eigenvalue weighted by molar-refractivity contribution is 5.53. The van der Waals surface area contributed by atoms with Crippen molar-refractivity contribution in [2.75, 3.05) is 26.2 Å². The highest BCUT2D eigenvalue weighted by Crippen LogP contribution is 2.34. The fourth-order valence-corrected chi connectivity index (χ4v) is 2.93. The monoisotopic (exact) mass is 256 g/mol. The van der Waals surface area contributed by atoms with E-state index in [9.17, 15) is 0 Å². The summed E-state index contributed by atoms with van der Waals surface area (Å²) < 4.78 is 5.33. The quantitative estimate of drug-likeness (QED) is 0.892. The summed E-state index contributed by atoms with van der Waals surface area (Å²) >= 11 is 0. The predicted molar refractivity (Wildman–Crippen MR) is 70.3 cm³/mol. The van der Waals surface area contributed by atoms with Crippen molar-refractivity contribution in [1.29, 1.82) is 0 Å². The molecule has 98 valence electrons. The number of nitrogens with one attached hydrogen (secondary N) is 1. The van der Waals surface area contributed by atoms with Crippen molar-refractivity contribution in [1.82, 2.24) is 20.4 Å². The second-order valence-corrected chi connectivity index (χ2v) is 5.63. The van der Waals surface area contributed by atoms with E-state index < -0.39 is 0 Å². The fourth-order valence-electron chi connectivity index (χ4n) is 2.93. The molecule has 3 heterocycles. The molecule has 0 radical (unpaired) electrons. The van der Waals surface area contributed by atoms with Crippen LogP contribution in [-0.4, -0.2) is 41.2 Å². The van der Waals surface area contributed by atoms with Crippen LogP contribution in [0.4, 0.5) is 0 Å². The Morgan fingerprint density at radius 3 is 2.68 bits per heavy atom. The van der Waals surface area contributed by atoms with Crippen LogP contribution in [0.5, 0.6) is 0 Å². The molecule has 4 rings (SSSR count). The van der Waals surface area contributed by atoms with Gasteiger partial charge in [-0.2, -0.15) is 4.98 Å². The van der Waals surface area contributed by atoms with E-state index >= 15 is 0 Å². The molecular formula is C14H16N4O. The highest BCUT2D eigenvalue weighted by atomic mass is 16.5. The van der Waals surface area contributed by atoms with Gasteiger partial charge in [0.15, 0.2) is 0 Å². The molecule has 0 atom stereocenters. The minimum Gasteiger partial charge on any atom is -0.338 e. The summed E-state index contributed by atoms with van der Waals surface area (Å²) in [4.78, 5) is 6.82. The zero-order valence-electron chi connectivity index (χ0n) is 10.7. The average Bonchev–Trinajstić information content (AvgIpc) is 2.80. The first-order chi connectivity index (χ1) is 9.33. The molecule has 0 unspecified atom stereocenters. The van der Waals surface area contributed by atoms with Crippen molar-refractivity contribution in [3.63, 3.8) is 0 Å². The van der Waals surface area contributed by atoms with Crippen LogP contribution in [-0.2, 0) is 6.54 Å². The molecule has 2 fully saturated rings. The maximum Gasteiger partial charge on any atom is 0.241 e. The van der Waals surface area contributed by atoms with Crippen molar-refractivity contribution in [2.24, 2.45) is 5.41 Å². The maximum atomic E-state index is 5.33. The van der Waals surface area contributed by atoms with E-state index in [1.165, 1.54) is 0 Å². The van der Waals surface area contributed by atoms with Gasteiger partial charge in [-0.3, -0.25) is 4.90 Å². The third-order valence-electron chi connectivity index (χ3n) is 3.98. The van der Waals surface area contributed by atoms with Gasteiger partial charge in [0.25, 0.3) is 0 Å². The fraction of sp³-hybridized carbons (Fsp3) is 0.429. The molecule has 0 saturated carbocycles.